The van der Waals surface area contributed by atoms with Crippen molar-refractivity contribution in [3.63, 3.8) is 0 Å². The Balaban J connectivity index is 1.71. The monoisotopic (exact) mass is 180 g/mol. The summed E-state index contributed by atoms with van der Waals surface area (Å²) in [6.45, 7) is 4.25. The van der Waals surface area contributed by atoms with Gasteiger partial charge in [-0.05, 0) is 24.8 Å². The molecule has 0 radical (unpaired) electrons. The third kappa shape index (κ3) is 2.06. The largest absolute Gasteiger partial charge is 0.320 e. The number of hydrogen-bond donors (Lipinski definition) is 1. The summed E-state index contributed by atoms with van der Waals surface area (Å²) >= 11 is 0. The Bertz CT molecular complexity index is 281. The number of hydrogen-bond acceptors (Lipinski definition) is 3. The van der Waals surface area contributed by atoms with Crippen LogP contribution in [0.3, 0.4) is 0 Å². The first kappa shape index (κ1) is 8.69. The van der Waals surface area contributed by atoms with E-state index in [2.05, 4.69) is 22.4 Å². The van der Waals surface area contributed by atoms with Gasteiger partial charge in [0.15, 0.2) is 0 Å². The lowest BCUT2D eigenvalue weighted by molar-refractivity contribution is 0.584. The molecule has 4 heteroatoms. The first-order valence-electron chi connectivity index (χ1n) is 4.81. The summed E-state index contributed by atoms with van der Waals surface area (Å²) in [4.78, 5) is 0. The van der Waals surface area contributed by atoms with Crippen LogP contribution in [-0.2, 0) is 13.6 Å². The molecule has 1 aliphatic rings. The molecule has 1 fully saturated rings. The third-order valence-corrected chi connectivity index (χ3v) is 2.77. The van der Waals surface area contributed by atoms with Gasteiger partial charge in [-0.15, -0.1) is 10.2 Å². The predicted molar refractivity (Wildman–Crippen MR) is 50.0 cm³/mol. The topological polar surface area (TPSA) is 42.7 Å². The van der Waals surface area contributed by atoms with E-state index in [1.165, 1.54) is 6.42 Å². The number of nitrogens with one attached hydrogen (secondary N) is 1. The number of nitrogens with zero attached hydrogens (tertiary/aromatic N) is 3. The molecule has 72 valence electrons. The van der Waals surface area contributed by atoms with Crippen molar-refractivity contribution < 1.29 is 0 Å². The molecule has 1 saturated carbocycles. The van der Waals surface area contributed by atoms with Crippen molar-refractivity contribution in [1.29, 1.82) is 0 Å². The highest BCUT2D eigenvalue weighted by Crippen LogP contribution is 2.36. The van der Waals surface area contributed by atoms with Crippen molar-refractivity contribution >= 4 is 0 Å². The molecule has 0 saturated heterocycles. The molecule has 1 aliphatic carbocycles. The van der Waals surface area contributed by atoms with Gasteiger partial charge in [-0.25, -0.2) is 0 Å². The third-order valence-electron chi connectivity index (χ3n) is 2.77. The highest BCUT2D eigenvalue weighted by Gasteiger charge is 2.31. The van der Waals surface area contributed by atoms with Gasteiger partial charge in [-0.1, -0.05) is 6.92 Å². The molecular weight excluding hydrogens is 164 g/mol. The molecule has 13 heavy (non-hydrogen) atoms. The molecular formula is C9H16N4. The molecule has 2 rings (SSSR count). The fourth-order valence-corrected chi connectivity index (χ4v) is 1.52. The van der Waals surface area contributed by atoms with E-state index in [4.69, 9.17) is 0 Å². The standard InChI is InChI=1S/C9H16N4/c1-7-3-8(7)4-10-5-9-12-11-6-13(9)2/h6-8,10H,3-5H2,1-2H3. The molecule has 0 amide bonds. The second-order valence-corrected chi connectivity index (χ2v) is 3.96. The van der Waals surface area contributed by atoms with E-state index in [1.54, 1.807) is 6.33 Å². The van der Waals surface area contributed by atoms with Crippen LogP contribution in [0, 0.1) is 11.8 Å². The molecule has 1 N–H and O–H groups in total. The Morgan fingerprint density at radius 2 is 2.46 bits per heavy atom. The molecule has 2 unspecified atom stereocenters. The summed E-state index contributed by atoms with van der Waals surface area (Å²) in [7, 11) is 1.97. The van der Waals surface area contributed by atoms with Crippen LogP contribution >= 0.6 is 0 Å². The lowest BCUT2D eigenvalue weighted by Gasteiger charge is -2.02. The van der Waals surface area contributed by atoms with Gasteiger partial charge in [0, 0.05) is 7.05 Å². The number of aromatic nitrogens is 3. The van der Waals surface area contributed by atoms with Gasteiger partial charge in [0.2, 0.25) is 0 Å². The van der Waals surface area contributed by atoms with Crippen molar-refractivity contribution in [2.24, 2.45) is 18.9 Å². The Labute approximate surface area is 78.4 Å². The van der Waals surface area contributed by atoms with E-state index in [9.17, 15) is 0 Å². The van der Waals surface area contributed by atoms with Gasteiger partial charge in [0.1, 0.15) is 12.2 Å². The Hall–Kier alpha value is -0.900. The molecule has 4 nitrogen and oxygen atoms in total. The van der Waals surface area contributed by atoms with E-state index < -0.39 is 0 Å². The van der Waals surface area contributed by atoms with E-state index in [0.717, 1.165) is 30.7 Å². The minimum atomic E-state index is 0.833. The Morgan fingerprint density at radius 1 is 1.69 bits per heavy atom. The highest BCUT2D eigenvalue weighted by molar-refractivity contribution is 4.87. The van der Waals surface area contributed by atoms with Crippen LogP contribution in [0.5, 0.6) is 0 Å². The van der Waals surface area contributed by atoms with Crippen LogP contribution in [0.1, 0.15) is 19.2 Å². The molecule has 2 atom stereocenters. The zero-order chi connectivity index (χ0) is 9.26. The van der Waals surface area contributed by atoms with Gasteiger partial charge in [0.25, 0.3) is 0 Å². The van der Waals surface area contributed by atoms with Crippen molar-refractivity contribution in [2.75, 3.05) is 6.54 Å². The Kier molecular flexibility index (Phi) is 2.31. The normalized spacial score (nSPS) is 26.3. The smallest absolute Gasteiger partial charge is 0.146 e. The van der Waals surface area contributed by atoms with E-state index in [1.807, 2.05) is 11.6 Å². The van der Waals surface area contributed by atoms with Gasteiger partial charge >= 0.3 is 0 Å². The maximum atomic E-state index is 4.00. The lowest BCUT2D eigenvalue weighted by Crippen LogP contribution is -2.19. The minimum absolute atomic E-state index is 0.833. The second-order valence-electron chi connectivity index (χ2n) is 3.96. The lowest BCUT2D eigenvalue weighted by atomic mass is 10.3. The van der Waals surface area contributed by atoms with Crippen LogP contribution in [0.2, 0.25) is 0 Å². The van der Waals surface area contributed by atoms with E-state index in [0.29, 0.717) is 0 Å². The average Bonchev–Trinajstić information content (AvgIpc) is 2.63. The summed E-state index contributed by atoms with van der Waals surface area (Å²) in [5.74, 6) is 2.83. The first-order valence-corrected chi connectivity index (χ1v) is 4.81. The first-order chi connectivity index (χ1) is 6.27. The second kappa shape index (κ2) is 3.46. The number of aryl methyl sites for hydroxylation is 1. The Morgan fingerprint density at radius 3 is 3.00 bits per heavy atom. The molecule has 0 spiro atoms. The summed E-state index contributed by atoms with van der Waals surface area (Å²) < 4.78 is 1.95. The summed E-state index contributed by atoms with van der Waals surface area (Å²) in [6.07, 6.45) is 3.11. The molecule has 1 aromatic rings. The van der Waals surface area contributed by atoms with Crippen molar-refractivity contribution in [1.82, 2.24) is 20.1 Å². The van der Waals surface area contributed by atoms with Gasteiger partial charge in [-0.3, -0.25) is 0 Å². The van der Waals surface area contributed by atoms with Crippen LogP contribution in [0.4, 0.5) is 0 Å². The number of rotatable bonds is 4. The zero-order valence-corrected chi connectivity index (χ0v) is 8.20. The van der Waals surface area contributed by atoms with E-state index in [-0.39, 0.29) is 0 Å². The molecule has 0 aromatic carbocycles. The van der Waals surface area contributed by atoms with Gasteiger partial charge in [-0.2, -0.15) is 0 Å². The predicted octanol–water partition coefficient (Wildman–Crippen LogP) is 0.561. The van der Waals surface area contributed by atoms with Crippen LogP contribution in [0.25, 0.3) is 0 Å². The summed E-state index contributed by atoms with van der Waals surface area (Å²) in [6, 6.07) is 0. The van der Waals surface area contributed by atoms with Crippen molar-refractivity contribution in [2.45, 2.75) is 19.9 Å². The van der Waals surface area contributed by atoms with Crippen LogP contribution < -0.4 is 5.32 Å². The summed E-state index contributed by atoms with van der Waals surface area (Å²) in [5, 5.41) is 11.2. The molecule has 1 aromatic heterocycles. The highest BCUT2D eigenvalue weighted by atomic mass is 15.3. The van der Waals surface area contributed by atoms with Gasteiger partial charge < -0.3 is 9.88 Å². The maximum Gasteiger partial charge on any atom is 0.146 e. The SMILES string of the molecule is CC1CC1CNCc1nncn1C. The van der Waals surface area contributed by atoms with Crippen LogP contribution in [-0.4, -0.2) is 21.3 Å². The van der Waals surface area contributed by atoms with Crippen molar-refractivity contribution in [3.8, 4) is 0 Å². The maximum absolute atomic E-state index is 4.00. The van der Waals surface area contributed by atoms with Crippen molar-refractivity contribution in [3.05, 3.63) is 12.2 Å². The molecule has 1 heterocycles. The van der Waals surface area contributed by atoms with E-state index >= 15 is 0 Å². The molecule has 0 bridgehead atoms. The van der Waals surface area contributed by atoms with Crippen LogP contribution in [0.15, 0.2) is 6.33 Å². The molecule has 0 aliphatic heterocycles. The quantitative estimate of drug-likeness (QED) is 0.736. The fourth-order valence-electron chi connectivity index (χ4n) is 1.52. The minimum Gasteiger partial charge on any atom is -0.320 e. The fraction of sp³-hybridized carbons (Fsp3) is 0.778. The summed E-state index contributed by atoms with van der Waals surface area (Å²) in [5.41, 5.74) is 0. The van der Waals surface area contributed by atoms with Gasteiger partial charge in [0.05, 0.1) is 6.54 Å². The zero-order valence-electron chi connectivity index (χ0n) is 8.20. The average molecular weight is 180 g/mol.